The van der Waals surface area contributed by atoms with Gasteiger partial charge in [-0.2, -0.15) is 0 Å². The van der Waals surface area contributed by atoms with Crippen LogP contribution in [0.3, 0.4) is 0 Å². The van der Waals surface area contributed by atoms with Crippen LogP contribution in [0.25, 0.3) is 0 Å². The van der Waals surface area contributed by atoms with Crippen LogP contribution in [0.2, 0.25) is 0 Å². The zero-order chi connectivity index (χ0) is 18.4. The van der Waals surface area contributed by atoms with E-state index in [4.69, 9.17) is 4.74 Å². The molecule has 2 fully saturated rings. The van der Waals surface area contributed by atoms with Gasteiger partial charge in [-0.15, -0.1) is 0 Å². The molecule has 1 aromatic carbocycles. The summed E-state index contributed by atoms with van der Waals surface area (Å²) in [5.41, 5.74) is 0. The number of ether oxygens (including phenoxy) is 1. The number of hydrogen-bond donors (Lipinski definition) is 2. The van der Waals surface area contributed by atoms with Gasteiger partial charge in [0.1, 0.15) is 17.7 Å². The molecule has 2 atom stereocenters. The van der Waals surface area contributed by atoms with Gasteiger partial charge in [-0.1, -0.05) is 12.8 Å². The Morgan fingerprint density at radius 1 is 1.27 bits per heavy atom. The van der Waals surface area contributed by atoms with Crippen LogP contribution in [0, 0.1) is 5.82 Å². The molecule has 1 aliphatic heterocycles. The van der Waals surface area contributed by atoms with Crippen molar-refractivity contribution in [1.82, 2.24) is 15.5 Å². The minimum atomic E-state index is -0.254. The molecule has 1 aliphatic carbocycles. The summed E-state index contributed by atoms with van der Waals surface area (Å²) >= 11 is 0. The van der Waals surface area contributed by atoms with E-state index in [1.165, 1.54) is 50.8 Å². The fourth-order valence-electron chi connectivity index (χ4n) is 3.92. The SMILES string of the molecule is CN=C(NCC(C)Oc1ccc(F)cc1)NC1CCN(C2CCCC2)C1. The van der Waals surface area contributed by atoms with Crippen molar-refractivity contribution >= 4 is 5.96 Å². The van der Waals surface area contributed by atoms with Crippen LogP contribution in [0.1, 0.15) is 39.0 Å². The van der Waals surface area contributed by atoms with Crippen molar-refractivity contribution in [1.29, 1.82) is 0 Å². The summed E-state index contributed by atoms with van der Waals surface area (Å²) in [7, 11) is 1.80. The summed E-state index contributed by atoms with van der Waals surface area (Å²) in [6, 6.07) is 7.36. The summed E-state index contributed by atoms with van der Waals surface area (Å²) in [5, 5.41) is 6.87. The van der Waals surface area contributed by atoms with Crippen molar-refractivity contribution < 1.29 is 9.13 Å². The summed E-state index contributed by atoms with van der Waals surface area (Å²) in [6.07, 6.45) is 6.61. The number of halogens is 1. The number of nitrogens with zero attached hydrogens (tertiary/aromatic N) is 2. The molecule has 3 rings (SSSR count). The van der Waals surface area contributed by atoms with E-state index in [2.05, 4.69) is 20.5 Å². The Labute approximate surface area is 156 Å². The number of nitrogens with one attached hydrogen (secondary N) is 2. The van der Waals surface area contributed by atoms with E-state index in [0.29, 0.717) is 18.3 Å². The number of likely N-dealkylation sites (tertiary alicyclic amines) is 1. The third kappa shape index (κ3) is 5.34. The highest BCUT2D eigenvalue weighted by atomic mass is 19.1. The van der Waals surface area contributed by atoms with Crippen LogP contribution in [0.4, 0.5) is 4.39 Å². The smallest absolute Gasteiger partial charge is 0.191 e. The van der Waals surface area contributed by atoms with Crippen LogP contribution in [-0.2, 0) is 0 Å². The number of benzene rings is 1. The second kappa shape index (κ2) is 9.21. The second-order valence-corrected chi connectivity index (χ2v) is 7.40. The number of hydrogen-bond acceptors (Lipinski definition) is 3. The van der Waals surface area contributed by atoms with Gasteiger partial charge in [0.25, 0.3) is 0 Å². The topological polar surface area (TPSA) is 48.9 Å². The number of guanidine groups is 1. The van der Waals surface area contributed by atoms with Crippen molar-refractivity contribution in [2.24, 2.45) is 4.99 Å². The van der Waals surface area contributed by atoms with E-state index < -0.39 is 0 Å². The minimum absolute atomic E-state index is 0.0439. The molecule has 1 heterocycles. The quantitative estimate of drug-likeness (QED) is 0.604. The maximum atomic E-state index is 12.9. The first-order chi connectivity index (χ1) is 12.6. The predicted molar refractivity (Wildman–Crippen MR) is 103 cm³/mol. The van der Waals surface area contributed by atoms with E-state index in [1.807, 2.05) is 6.92 Å². The zero-order valence-corrected chi connectivity index (χ0v) is 15.9. The Morgan fingerprint density at radius 3 is 2.69 bits per heavy atom. The number of aliphatic imine (C=N–C) groups is 1. The van der Waals surface area contributed by atoms with Gasteiger partial charge in [-0.3, -0.25) is 9.89 Å². The van der Waals surface area contributed by atoms with E-state index in [1.54, 1.807) is 19.2 Å². The van der Waals surface area contributed by atoms with Crippen molar-refractivity contribution in [2.75, 3.05) is 26.7 Å². The molecule has 6 heteroatoms. The largest absolute Gasteiger partial charge is 0.489 e. The van der Waals surface area contributed by atoms with Gasteiger partial charge < -0.3 is 15.4 Å². The molecule has 26 heavy (non-hydrogen) atoms. The van der Waals surface area contributed by atoms with Crippen LogP contribution in [0.5, 0.6) is 5.75 Å². The molecule has 2 N–H and O–H groups in total. The van der Waals surface area contributed by atoms with Crippen molar-refractivity contribution in [3.8, 4) is 5.75 Å². The van der Waals surface area contributed by atoms with E-state index in [0.717, 1.165) is 18.5 Å². The maximum absolute atomic E-state index is 12.9. The van der Waals surface area contributed by atoms with Crippen LogP contribution >= 0.6 is 0 Å². The second-order valence-electron chi connectivity index (χ2n) is 7.40. The van der Waals surface area contributed by atoms with Gasteiger partial charge in [0.15, 0.2) is 5.96 Å². The summed E-state index contributed by atoms with van der Waals surface area (Å²) in [6.45, 7) is 4.91. The van der Waals surface area contributed by atoms with Gasteiger partial charge in [0.2, 0.25) is 0 Å². The zero-order valence-electron chi connectivity index (χ0n) is 15.9. The average molecular weight is 362 g/mol. The first-order valence-corrected chi connectivity index (χ1v) is 9.77. The minimum Gasteiger partial charge on any atom is -0.489 e. The van der Waals surface area contributed by atoms with E-state index in [9.17, 15) is 4.39 Å². The highest BCUT2D eigenvalue weighted by Gasteiger charge is 2.30. The van der Waals surface area contributed by atoms with Gasteiger partial charge in [-0.25, -0.2) is 4.39 Å². The molecule has 2 unspecified atom stereocenters. The standard InChI is InChI=1S/C20H31FN4O/c1-15(26-19-9-7-16(21)8-10-19)13-23-20(22-2)24-17-11-12-25(14-17)18-5-3-4-6-18/h7-10,15,17-18H,3-6,11-14H2,1-2H3,(H2,22,23,24). The van der Waals surface area contributed by atoms with E-state index >= 15 is 0 Å². The third-order valence-corrected chi connectivity index (χ3v) is 5.33. The molecule has 1 aromatic rings. The molecule has 0 amide bonds. The molecular weight excluding hydrogens is 331 g/mol. The Bertz CT molecular complexity index is 586. The lowest BCUT2D eigenvalue weighted by atomic mass is 10.2. The van der Waals surface area contributed by atoms with Crippen molar-refractivity contribution in [3.05, 3.63) is 30.1 Å². The highest BCUT2D eigenvalue weighted by molar-refractivity contribution is 5.80. The highest BCUT2D eigenvalue weighted by Crippen LogP contribution is 2.26. The molecule has 144 valence electrons. The lowest BCUT2D eigenvalue weighted by Gasteiger charge is -2.24. The normalized spacial score (nSPS) is 23.2. The van der Waals surface area contributed by atoms with Crippen molar-refractivity contribution in [2.45, 2.75) is 57.2 Å². The Balaban J connectivity index is 1.39. The van der Waals surface area contributed by atoms with Gasteiger partial charge in [-0.05, 0) is 50.5 Å². The molecule has 0 radical (unpaired) electrons. The Morgan fingerprint density at radius 2 is 2.00 bits per heavy atom. The van der Waals surface area contributed by atoms with Crippen molar-refractivity contribution in [3.63, 3.8) is 0 Å². The molecular formula is C20H31FN4O. The van der Waals surface area contributed by atoms with Crippen LogP contribution in [0.15, 0.2) is 29.3 Å². The lowest BCUT2D eigenvalue weighted by Crippen LogP contribution is -2.47. The maximum Gasteiger partial charge on any atom is 0.191 e. The molecule has 1 saturated carbocycles. The Hall–Kier alpha value is -1.82. The molecule has 2 aliphatic rings. The van der Waals surface area contributed by atoms with Gasteiger partial charge >= 0.3 is 0 Å². The van der Waals surface area contributed by atoms with Crippen LogP contribution < -0.4 is 15.4 Å². The summed E-state index contributed by atoms with van der Waals surface area (Å²) in [4.78, 5) is 6.97. The molecule has 0 aromatic heterocycles. The number of rotatable bonds is 6. The Kier molecular flexibility index (Phi) is 6.72. The summed E-state index contributed by atoms with van der Waals surface area (Å²) < 4.78 is 18.7. The average Bonchev–Trinajstić information content (AvgIpc) is 3.32. The molecule has 0 spiro atoms. The van der Waals surface area contributed by atoms with Gasteiger partial charge in [0.05, 0.1) is 6.54 Å². The predicted octanol–water partition coefficient (Wildman–Crippen LogP) is 2.77. The first kappa shape index (κ1) is 19.0. The fraction of sp³-hybridized carbons (Fsp3) is 0.650. The molecule has 5 nitrogen and oxygen atoms in total. The molecule has 0 bridgehead atoms. The fourth-order valence-corrected chi connectivity index (χ4v) is 3.92. The summed E-state index contributed by atoms with van der Waals surface area (Å²) in [5.74, 6) is 1.24. The molecule has 1 saturated heterocycles. The third-order valence-electron chi connectivity index (χ3n) is 5.33. The van der Waals surface area contributed by atoms with E-state index in [-0.39, 0.29) is 11.9 Å². The first-order valence-electron chi connectivity index (χ1n) is 9.77. The van der Waals surface area contributed by atoms with Crippen LogP contribution in [-0.4, -0.2) is 55.7 Å². The van der Waals surface area contributed by atoms with Gasteiger partial charge in [0, 0.05) is 32.2 Å². The monoisotopic (exact) mass is 362 g/mol. The lowest BCUT2D eigenvalue weighted by molar-refractivity contribution is 0.223.